The number of nitrogens with zero attached hydrogens (tertiary/aromatic N) is 1. The number of nitrogens with one attached hydrogen (secondary N) is 1. The van der Waals surface area contributed by atoms with E-state index in [2.05, 4.69) is 21.2 Å². The fourth-order valence-electron chi connectivity index (χ4n) is 1.66. The minimum atomic E-state index is -0.517. The number of hydrogen-bond donors (Lipinski definition) is 1. The summed E-state index contributed by atoms with van der Waals surface area (Å²) in [5.41, 5.74) is 1.61. The first kappa shape index (κ1) is 15.5. The Bertz CT molecular complexity index is 689. The SMILES string of the molecule is O=C(Nc1cc([N+](=O)[O-])ccc1Br)c1ccc(CCl)cc1. The van der Waals surface area contributed by atoms with Crippen LogP contribution in [-0.4, -0.2) is 10.8 Å². The van der Waals surface area contributed by atoms with Gasteiger partial charge < -0.3 is 5.32 Å². The fourth-order valence-corrected chi connectivity index (χ4v) is 2.19. The van der Waals surface area contributed by atoms with Crippen molar-refractivity contribution < 1.29 is 9.72 Å². The summed E-state index contributed by atoms with van der Waals surface area (Å²) in [4.78, 5) is 22.4. The summed E-state index contributed by atoms with van der Waals surface area (Å²) < 4.78 is 0.568. The van der Waals surface area contributed by atoms with Crippen LogP contribution < -0.4 is 5.32 Å². The molecule has 1 amide bonds. The molecule has 0 fully saturated rings. The van der Waals surface area contributed by atoms with E-state index < -0.39 is 4.92 Å². The minimum absolute atomic E-state index is 0.0917. The molecule has 0 aliphatic rings. The molecule has 0 spiro atoms. The summed E-state index contributed by atoms with van der Waals surface area (Å²) in [6, 6.07) is 11.0. The Labute approximate surface area is 134 Å². The smallest absolute Gasteiger partial charge is 0.271 e. The Kier molecular flexibility index (Phi) is 4.93. The molecule has 5 nitrogen and oxygen atoms in total. The Morgan fingerprint density at radius 3 is 2.48 bits per heavy atom. The van der Waals surface area contributed by atoms with Crippen LogP contribution in [0.3, 0.4) is 0 Å². The van der Waals surface area contributed by atoms with Gasteiger partial charge in [0, 0.05) is 28.0 Å². The Balaban J connectivity index is 2.22. The van der Waals surface area contributed by atoms with Gasteiger partial charge in [0.1, 0.15) is 0 Å². The molecule has 2 rings (SSSR count). The third-order valence-corrected chi connectivity index (χ3v) is 3.78. The summed E-state index contributed by atoms with van der Waals surface area (Å²) in [5.74, 6) is 0.0236. The molecule has 0 unspecified atom stereocenters. The molecular weight excluding hydrogens is 360 g/mol. The van der Waals surface area contributed by atoms with Crippen LogP contribution in [0.4, 0.5) is 11.4 Å². The van der Waals surface area contributed by atoms with Gasteiger partial charge in [-0.25, -0.2) is 0 Å². The van der Waals surface area contributed by atoms with E-state index in [1.807, 2.05) is 0 Å². The van der Waals surface area contributed by atoms with Gasteiger partial charge in [0.2, 0.25) is 0 Å². The predicted octanol–water partition coefficient (Wildman–Crippen LogP) is 4.35. The number of non-ortho nitro benzene ring substituents is 1. The van der Waals surface area contributed by atoms with Crippen molar-refractivity contribution in [3.8, 4) is 0 Å². The van der Waals surface area contributed by atoms with Gasteiger partial charge in [0.05, 0.1) is 10.6 Å². The van der Waals surface area contributed by atoms with Crippen LogP contribution in [0.25, 0.3) is 0 Å². The average Bonchev–Trinajstić information content (AvgIpc) is 2.49. The van der Waals surface area contributed by atoms with E-state index in [9.17, 15) is 14.9 Å². The van der Waals surface area contributed by atoms with Crippen LogP contribution >= 0.6 is 27.5 Å². The molecule has 0 radical (unpaired) electrons. The molecule has 0 aromatic heterocycles. The highest BCUT2D eigenvalue weighted by molar-refractivity contribution is 9.10. The summed E-state index contributed by atoms with van der Waals surface area (Å²) in [5, 5.41) is 13.4. The zero-order chi connectivity index (χ0) is 15.4. The lowest BCUT2D eigenvalue weighted by atomic mass is 10.1. The lowest BCUT2D eigenvalue weighted by Crippen LogP contribution is -2.12. The van der Waals surface area contributed by atoms with Gasteiger partial charge in [0.25, 0.3) is 11.6 Å². The highest BCUT2D eigenvalue weighted by Gasteiger charge is 2.13. The molecule has 2 aromatic rings. The van der Waals surface area contributed by atoms with E-state index in [1.54, 1.807) is 24.3 Å². The maximum absolute atomic E-state index is 12.1. The highest BCUT2D eigenvalue weighted by Crippen LogP contribution is 2.27. The van der Waals surface area contributed by atoms with E-state index in [0.717, 1.165) is 5.56 Å². The van der Waals surface area contributed by atoms with Crippen molar-refractivity contribution in [3.05, 3.63) is 68.2 Å². The van der Waals surface area contributed by atoms with Gasteiger partial charge in [-0.2, -0.15) is 0 Å². The number of nitro benzene ring substituents is 1. The fraction of sp³-hybridized carbons (Fsp3) is 0.0714. The predicted molar refractivity (Wildman–Crippen MR) is 84.7 cm³/mol. The number of alkyl halides is 1. The number of benzene rings is 2. The first-order valence-corrected chi connectivity index (χ1v) is 7.24. The lowest BCUT2D eigenvalue weighted by molar-refractivity contribution is -0.384. The zero-order valence-electron chi connectivity index (χ0n) is 10.7. The van der Waals surface area contributed by atoms with E-state index in [0.29, 0.717) is 21.6 Å². The van der Waals surface area contributed by atoms with Crippen molar-refractivity contribution in [1.29, 1.82) is 0 Å². The van der Waals surface area contributed by atoms with Crippen LogP contribution in [0.5, 0.6) is 0 Å². The molecule has 7 heteroatoms. The summed E-state index contributed by atoms with van der Waals surface area (Å²) in [6.07, 6.45) is 0. The maximum atomic E-state index is 12.1. The Morgan fingerprint density at radius 1 is 1.24 bits per heavy atom. The average molecular weight is 370 g/mol. The van der Waals surface area contributed by atoms with Gasteiger partial charge >= 0.3 is 0 Å². The van der Waals surface area contributed by atoms with Crippen LogP contribution in [0.1, 0.15) is 15.9 Å². The van der Waals surface area contributed by atoms with Crippen molar-refractivity contribution in [2.24, 2.45) is 0 Å². The molecule has 0 saturated heterocycles. The number of hydrogen-bond acceptors (Lipinski definition) is 3. The molecule has 0 saturated carbocycles. The third kappa shape index (κ3) is 3.80. The third-order valence-electron chi connectivity index (χ3n) is 2.78. The molecule has 2 aromatic carbocycles. The van der Waals surface area contributed by atoms with Gasteiger partial charge in [-0.3, -0.25) is 14.9 Å². The molecule has 0 atom stereocenters. The molecule has 1 N–H and O–H groups in total. The number of rotatable bonds is 4. The summed E-state index contributed by atoms with van der Waals surface area (Å²) in [7, 11) is 0. The molecule has 0 bridgehead atoms. The molecule has 0 heterocycles. The van der Waals surface area contributed by atoms with E-state index in [4.69, 9.17) is 11.6 Å². The van der Waals surface area contributed by atoms with Crippen LogP contribution in [0.2, 0.25) is 0 Å². The second-order valence-electron chi connectivity index (χ2n) is 4.21. The quantitative estimate of drug-likeness (QED) is 0.495. The number of halogens is 2. The minimum Gasteiger partial charge on any atom is -0.321 e. The number of anilines is 1. The first-order valence-electron chi connectivity index (χ1n) is 5.91. The highest BCUT2D eigenvalue weighted by atomic mass is 79.9. The van der Waals surface area contributed by atoms with Crippen LogP contribution in [0.15, 0.2) is 46.9 Å². The Morgan fingerprint density at radius 2 is 1.90 bits per heavy atom. The number of nitro groups is 1. The van der Waals surface area contributed by atoms with Crippen molar-refractivity contribution in [3.63, 3.8) is 0 Å². The second kappa shape index (κ2) is 6.69. The second-order valence-corrected chi connectivity index (χ2v) is 5.33. The Hall–Kier alpha value is -1.92. The zero-order valence-corrected chi connectivity index (χ0v) is 13.0. The van der Waals surface area contributed by atoms with Gasteiger partial charge in [0.15, 0.2) is 0 Å². The van der Waals surface area contributed by atoms with Crippen molar-refractivity contribution >= 4 is 44.8 Å². The van der Waals surface area contributed by atoms with Gasteiger partial charge in [-0.05, 0) is 39.7 Å². The summed E-state index contributed by atoms with van der Waals surface area (Å²) >= 11 is 8.93. The number of amides is 1. The standard InChI is InChI=1S/C14H10BrClN2O3/c15-12-6-5-11(18(20)21)7-13(12)17-14(19)10-3-1-9(8-16)2-4-10/h1-7H,8H2,(H,17,19). The topological polar surface area (TPSA) is 72.2 Å². The van der Waals surface area contributed by atoms with E-state index >= 15 is 0 Å². The van der Waals surface area contributed by atoms with Crippen LogP contribution in [-0.2, 0) is 5.88 Å². The summed E-state index contributed by atoms with van der Waals surface area (Å²) in [6.45, 7) is 0. The van der Waals surface area contributed by atoms with E-state index in [1.165, 1.54) is 18.2 Å². The van der Waals surface area contributed by atoms with Crippen molar-refractivity contribution in [2.75, 3.05) is 5.32 Å². The maximum Gasteiger partial charge on any atom is 0.271 e. The normalized spacial score (nSPS) is 10.2. The van der Waals surface area contributed by atoms with Gasteiger partial charge in [-0.1, -0.05) is 12.1 Å². The van der Waals surface area contributed by atoms with Crippen molar-refractivity contribution in [1.82, 2.24) is 0 Å². The molecule has 108 valence electrons. The van der Waals surface area contributed by atoms with Crippen molar-refractivity contribution in [2.45, 2.75) is 5.88 Å². The molecular formula is C14H10BrClN2O3. The molecule has 21 heavy (non-hydrogen) atoms. The molecule has 0 aliphatic carbocycles. The first-order chi connectivity index (χ1) is 10.0. The molecule has 0 aliphatic heterocycles. The largest absolute Gasteiger partial charge is 0.321 e. The number of carbonyl (C=O) groups excluding carboxylic acids is 1. The number of carbonyl (C=O) groups is 1. The lowest BCUT2D eigenvalue weighted by Gasteiger charge is -2.07. The van der Waals surface area contributed by atoms with Gasteiger partial charge in [-0.15, -0.1) is 11.6 Å². The van der Waals surface area contributed by atoms with E-state index in [-0.39, 0.29) is 11.6 Å². The van der Waals surface area contributed by atoms with Crippen LogP contribution in [0, 0.1) is 10.1 Å². The monoisotopic (exact) mass is 368 g/mol.